The van der Waals surface area contributed by atoms with Crippen molar-refractivity contribution >= 4 is 256 Å². The van der Waals surface area contributed by atoms with Crippen molar-refractivity contribution in [3.8, 4) is 11.1 Å². The van der Waals surface area contributed by atoms with Crippen LogP contribution < -0.4 is 30.7 Å². The van der Waals surface area contributed by atoms with Gasteiger partial charge in [0, 0.05) is 128 Å². The first-order valence-electron chi connectivity index (χ1n) is 42.5. The smallest absolute Gasteiger partial charge is 0.0476 e. The maximum atomic E-state index is 3.70. The molecule has 0 unspecified atom stereocenters. The molecule has 126 heavy (non-hydrogen) atoms. The number of para-hydroxylation sites is 5. The number of nitrogens with one attached hydrogen (secondary N) is 3. The van der Waals surface area contributed by atoms with Gasteiger partial charge in [0.25, 0.3) is 0 Å². The van der Waals surface area contributed by atoms with Gasteiger partial charge in [-0.2, -0.15) is 0 Å². The van der Waals surface area contributed by atoms with Crippen molar-refractivity contribution in [1.82, 2.24) is 0 Å². The van der Waals surface area contributed by atoms with Gasteiger partial charge in [-0.25, -0.2) is 0 Å². The van der Waals surface area contributed by atoms with Gasteiger partial charge in [0.05, 0.1) is 0 Å². The van der Waals surface area contributed by atoms with Crippen molar-refractivity contribution in [2.45, 2.75) is 19.3 Å². The average Bonchev–Trinajstić information content (AvgIpc) is 1.64. The van der Waals surface area contributed by atoms with Gasteiger partial charge in [0.1, 0.15) is 0 Å². The van der Waals surface area contributed by atoms with Crippen molar-refractivity contribution in [3.63, 3.8) is 0 Å². The van der Waals surface area contributed by atoms with Crippen LogP contribution in [0, 0.1) is 0 Å². The molecule has 0 aliphatic heterocycles. The Morgan fingerprint density at radius 2 is 0.532 bits per heavy atom. The van der Waals surface area contributed by atoms with Crippen LogP contribution in [-0.4, -0.2) is 14.5 Å². The molecule has 3 N–H and O–H groups in total. The second kappa shape index (κ2) is 32.4. The zero-order chi connectivity index (χ0) is 83.8. The summed E-state index contributed by atoms with van der Waals surface area (Å²) in [7, 11) is 0. The summed E-state index contributed by atoms with van der Waals surface area (Å²) in [6.45, 7) is 4.65. The fourth-order valence-corrected chi connectivity index (χ4v) is 25.3. The molecule has 1 aliphatic rings. The van der Waals surface area contributed by atoms with E-state index in [9.17, 15) is 0 Å². The first kappa shape index (κ1) is 76.5. The molecular weight excluding hydrogens is 1670 g/mol. The fourth-order valence-electron chi connectivity index (χ4n) is 18.4. The molecule has 25 rings (SSSR count). The zero-order valence-corrected chi connectivity index (χ0v) is 73.9. The molecule has 0 amide bonds. The normalized spacial score (nSPS) is 12.1. The number of thiophene rings is 4. The molecule has 0 radical (unpaired) electrons. The molecule has 19 aromatic carbocycles. The Kier molecular flexibility index (Phi) is 19.7. The van der Waals surface area contributed by atoms with Crippen LogP contribution >= 0.6 is 45.3 Å². The van der Waals surface area contributed by atoms with Crippen molar-refractivity contribution in [1.29, 1.82) is 0 Å². The molecule has 6 nitrogen and oxygen atoms in total. The minimum atomic E-state index is 0.0237. The Balaban J connectivity index is 0.000000109. The molecule has 0 fully saturated rings. The van der Waals surface area contributed by atoms with Crippen LogP contribution in [-0.2, 0) is 5.41 Å². The van der Waals surface area contributed by atoms with E-state index in [2.05, 4.69) is 475 Å². The van der Waals surface area contributed by atoms with Crippen LogP contribution in [0.15, 0.2) is 431 Å². The summed E-state index contributed by atoms with van der Waals surface area (Å²) < 4.78 is 13.3. The van der Waals surface area contributed by atoms with Gasteiger partial charge in [-0.1, -0.05) is 190 Å². The molecule has 0 saturated carbocycles. The van der Waals surface area contributed by atoms with Crippen molar-refractivity contribution in [2.24, 2.45) is 0 Å². The SMILES string of the molecule is CC1(C)c2ccccc2-c2cc(Nc3ccc4c(c3)sc3cc(N(c5ccccc5)c5ccccc5)ccc34)ccc21.c1ccc(N(c2ccc3c(c2)sc2cc(Nc4ccc5ccccc5c4)ccc23)c2ccc3[se]c4ccccc4c3c2)cc1.c1ccc(N(c2ccccc2)c2ccc3c(c2)sc2cc(Nc4ccc5sc6ccccc6c5c4)ccc23)cc1. The maximum Gasteiger partial charge on any atom is 0.0476 e. The molecule has 0 saturated heterocycles. The van der Waals surface area contributed by atoms with E-state index in [1.807, 2.05) is 45.3 Å². The summed E-state index contributed by atoms with van der Waals surface area (Å²) in [5, 5.41) is 26.6. The molecule has 0 bridgehead atoms. The molecule has 5 aromatic heterocycles. The minimum Gasteiger partial charge on any atom is -0.355 e. The monoisotopic (exact) mass is 1750 g/mol. The fraction of sp³-hybridized carbons (Fsp3) is 0.0261. The maximum absolute atomic E-state index is 3.70. The van der Waals surface area contributed by atoms with Gasteiger partial charge < -0.3 is 25.8 Å². The second-order valence-corrected chi connectivity index (χ2v) is 39.2. The largest absolute Gasteiger partial charge is 0.355 e. The van der Waals surface area contributed by atoms with E-state index in [0.29, 0.717) is 14.5 Å². The van der Waals surface area contributed by atoms with Crippen LogP contribution in [0.2, 0.25) is 0 Å². The zero-order valence-electron chi connectivity index (χ0n) is 68.9. The predicted octanol–water partition coefficient (Wildman–Crippen LogP) is 35.0. The summed E-state index contributed by atoms with van der Waals surface area (Å²) >= 11 is 7.77. The summed E-state index contributed by atoms with van der Waals surface area (Å²) in [6.07, 6.45) is 0. The van der Waals surface area contributed by atoms with Crippen molar-refractivity contribution in [3.05, 3.63) is 442 Å². The van der Waals surface area contributed by atoms with E-state index in [1.165, 1.54) is 144 Å². The van der Waals surface area contributed by atoms with Crippen LogP contribution in [0.3, 0.4) is 0 Å². The standard InChI is InChI=1S/C40H26N2SSe.C39H30N2S.C36H24N2S2/c1-2-10-30(11-3-1)42(31-18-21-40-36(24-31)35-12-6-7-13-39(35)44-40)32-17-20-34-33-19-16-29(23-37(33)43-38(34)25-32)41-28-15-14-26-8-4-5-9-27(26)22-28;1-39(2)35-16-10-9-15-31(35)34-23-26(18-22-36(34)39)40-27-17-20-32-33-21-19-30(25-38(33)42-37(32)24-27)41(28-11-5-3-6-12-28)29-13-7-4-8-14-29;1-3-9-26(10-4-1)38(27-11-5-2-6-12-27)28-17-19-31-30-18-15-25(22-35(30)40-36(31)23-28)37-24-16-20-34-32(21-24)29-13-7-8-14-33(29)39-34/h1-25,41H;3-25,40H,1-2H3;1-23,37H. The number of hydrogen-bond acceptors (Lipinski definition) is 10. The number of rotatable bonds is 15. The van der Waals surface area contributed by atoms with Gasteiger partial charge in [-0.05, 0) is 179 Å². The van der Waals surface area contributed by atoms with Gasteiger partial charge in [0.2, 0.25) is 0 Å². The van der Waals surface area contributed by atoms with Gasteiger partial charge in [-0.3, -0.25) is 0 Å². The van der Waals surface area contributed by atoms with E-state index in [4.69, 9.17) is 0 Å². The van der Waals surface area contributed by atoms with Crippen LogP contribution in [0.4, 0.5) is 85.3 Å². The van der Waals surface area contributed by atoms with E-state index in [-0.39, 0.29) is 5.41 Å². The van der Waals surface area contributed by atoms with E-state index >= 15 is 0 Å². The first-order valence-corrected chi connectivity index (χ1v) is 47.5. The number of anilines is 15. The Morgan fingerprint density at radius 1 is 0.198 bits per heavy atom. The van der Waals surface area contributed by atoms with Crippen molar-refractivity contribution in [2.75, 3.05) is 30.7 Å². The van der Waals surface area contributed by atoms with Crippen LogP contribution in [0.1, 0.15) is 25.0 Å². The third-order valence-corrected chi connectivity index (χ3v) is 31.3. The predicted molar refractivity (Wildman–Crippen MR) is 551 cm³/mol. The van der Waals surface area contributed by atoms with E-state index in [1.54, 1.807) is 0 Å². The van der Waals surface area contributed by atoms with Gasteiger partial charge in [0.15, 0.2) is 0 Å². The van der Waals surface area contributed by atoms with Crippen LogP contribution in [0.25, 0.3) is 122 Å². The Hall–Kier alpha value is -14.4. The quantitative estimate of drug-likeness (QED) is 0.0890. The summed E-state index contributed by atoms with van der Waals surface area (Å²) in [4.78, 5) is 7.04. The Bertz CT molecular complexity index is 8180. The number of fused-ring (bicyclic) bond motifs is 19. The second-order valence-electron chi connectivity index (χ2n) is 32.6. The Labute approximate surface area is 752 Å². The molecular formula is C115H80N6S4Se. The summed E-state index contributed by atoms with van der Waals surface area (Å²) in [5.41, 5.74) is 22.6. The molecule has 1 aliphatic carbocycles. The van der Waals surface area contributed by atoms with Gasteiger partial charge in [-0.15, -0.1) is 34.0 Å². The van der Waals surface area contributed by atoms with E-state index in [0.717, 1.165) is 73.9 Å². The summed E-state index contributed by atoms with van der Waals surface area (Å²) in [5.74, 6) is 0. The third kappa shape index (κ3) is 14.4. The van der Waals surface area contributed by atoms with Crippen LogP contribution in [0.5, 0.6) is 0 Å². The molecule has 24 aromatic rings. The minimum absolute atomic E-state index is 0.0237. The number of benzene rings is 19. The molecule has 11 heteroatoms. The topological polar surface area (TPSA) is 45.8 Å². The molecule has 0 atom stereocenters. The van der Waals surface area contributed by atoms with Gasteiger partial charge >= 0.3 is 202 Å². The summed E-state index contributed by atoms with van der Waals surface area (Å²) in [6, 6.07) is 156. The first-order chi connectivity index (χ1) is 62.1. The average molecular weight is 1750 g/mol. The molecule has 600 valence electrons. The van der Waals surface area contributed by atoms with Crippen molar-refractivity contribution < 1.29 is 0 Å². The molecule has 5 heterocycles. The Morgan fingerprint density at radius 3 is 1.06 bits per heavy atom. The number of hydrogen-bond donors (Lipinski definition) is 3. The molecule has 0 spiro atoms. The third-order valence-electron chi connectivity index (χ3n) is 24.4. The number of nitrogens with zero attached hydrogens (tertiary/aromatic N) is 3. The van der Waals surface area contributed by atoms with E-state index < -0.39 is 0 Å².